The molecule has 6 nitrogen and oxygen atoms in total. The van der Waals surface area contributed by atoms with Crippen LogP contribution in [0.4, 0.5) is 5.95 Å². The summed E-state index contributed by atoms with van der Waals surface area (Å²) in [4.78, 5) is 4.41. The maximum Gasteiger partial charge on any atom is 0.202 e. The normalized spacial score (nSPS) is 16.0. The van der Waals surface area contributed by atoms with Gasteiger partial charge in [-0.05, 0) is 19.3 Å². The third kappa shape index (κ3) is 3.13. The molecule has 0 saturated heterocycles. The highest BCUT2D eigenvalue weighted by molar-refractivity contribution is 5.27. The lowest BCUT2D eigenvalue weighted by atomic mass is 10.2. The van der Waals surface area contributed by atoms with Crippen molar-refractivity contribution in [1.82, 2.24) is 24.5 Å². The van der Waals surface area contributed by atoms with Crippen molar-refractivity contribution in [3.8, 4) is 0 Å². The molecular formula is C13H20N6. The van der Waals surface area contributed by atoms with E-state index in [-0.39, 0.29) is 0 Å². The summed E-state index contributed by atoms with van der Waals surface area (Å²) in [5.74, 6) is 1.01. The average Bonchev–Trinajstić information content (AvgIpc) is 3.13. The van der Waals surface area contributed by atoms with E-state index < -0.39 is 0 Å². The Labute approximate surface area is 112 Å². The average molecular weight is 260 g/mol. The zero-order valence-corrected chi connectivity index (χ0v) is 11.1. The van der Waals surface area contributed by atoms with Crippen LogP contribution in [0.5, 0.6) is 0 Å². The molecule has 0 aromatic carbocycles. The molecule has 19 heavy (non-hydrogen) atoms. The van der Waals surface area contributed by atoms with Gasteiger partial charge in [0.05, 0.1) is 6.20 Å². The first kappa shape index (κ1) is 12.2. The Kier molecular flexibility index (Phi) is 3.76. The first-order chi connectivity index (χ1) is 9.42. The van der Waals surface area contributed by atoms with Crippen molar-refractivity contribution in [3.63, 3.8) is 0 Å². The van der Waals surface area contributed by atoms with Crippen LogP contribution in [0.2, 0.25) is 0 Å². The SMILES string of the molecule is c1cn(CCCn2ccnc2NC2CCCC2)nn1. The van der Waals surface area contributed by atoms with E-state index in [9.17, 15) is 0 Å². The summed E-state index contributed by atoms with van der Waals surface area (Å²) < 4.78 is 4.05. The minimum absolute atomic E-state index is 0.608. The van der Waals surface area contributed by atoms with E-state index in [1.165, 1.54) is 25.7 Å². The van der Waals surface area contributed by atoms with Crippen molar-refractivity contribution in [2.45, 2.75) is 51.2 Å². The molecule has 2 aromatic rings. The number of aryl methyl sites for hydroxylation is 2. The van der Waals surface area contributed by atoms with Gasteiger partial charge in [-0.2, -0.15) is 0 Å². The third-order valence-corrected chi connectivity index (χ3v) is 3.66. The van der Waals surface area contributed by atoms with Gasteiger partial charge >= 0.3 is 0 Å². The lowest BCUT2D eigenvalue weighted by Crippen LogP contribution is -2.18. The van der Waals surface area contributed by atoms with Crippen LogP contribution in [0.3, 0.4) is 0 Å². The Morgan fingerprint density at radius 1 is 1.16 bits per heavy atom. The molecule has 0 bridgehead atoms. The predicted molar refractivity (Wildman–Crippen MR) is 72.7 cm³/mol. The molecule has 0 spiro atoms. The molecule has 6 heteroatoms. The predicted octanol–water partition coefficient (Wildman–Crippen LogP) is 1.92. The molecule has 1 N–H and O–H groups in total. The molecule has 0 atom stereocenters. The van der Waals surface area contributed by atoms with Gasteiger partial charge in [0.25, 0.3) is 0 Å². The van der Waals surface area contributed by atoms with Gasteiger partial charge in [-0.15, -0.1) is 5.10 Å². The smallest absolute Gasteiger partial charge is 0.202 e. The molecule has 1 aliphatic carbocycles. The van der Waals surface area contributed by atoms with Crippen molar-refractivity contribution < 1.29 is 0 Å². The fraction of sp³-hybridized carbons (Fsp3) is 0.615. The number of nitrogens with zero attached hydrogens (tertiary/aromatic N) is 5. The third-order valence-electron chi connectivity index (χ3n) is 3.66. The Morgan fingerprint density at radius 3 is 2.84 bits per heavy atom. The van der Waals surface area contributed by atoms with Crippen molar-refractivity contribution in [2.75, 3.05) is 5.32 Å². The van der Waals surface area contributed by atoms with Crippen LogP contribution in [0.25, 0.3) is 0 Å². The Morgan fingerprint density at radius 2 is 2.05 bits per heavy atom. The van der Waals surface area contributed by atoms with E-state index in [0.717, 1.165) is 25.5 Å². The van der Waals surface area contributed by atoms with Gasteiger partial charge in [0.15, 0.2) is 0 Å². The molecule has 0 radical (unpaired) electrons. The van der Waals surface area contributed by atoms with E-state index in [0.29, 0.717) is 6.04 Å². The number of anilines is 1. The second kappa shape index (κ2) is 5.86. The van der Waals surface area contributed by atoms with Crippen LogP contribution in [-0.4, -0.2) is 30.6 Å². The summed E-state index contributed by atoms with van der Waals surface area (Å²) in [5, 5.41) is 11.3. The summed E-state index contributed by atoms with van der Waals surface area (Å²) >= 11 is 0. The molecule has 1 saturated carbocycles. The Bertz CT molecular complexity index is 483. The standard InChI is InChI=1S/C13H20N6/c1-2-5-12(4-1)16-13-14-6-10-18(13)8-3-9-19-11-7-15-17-19/h6-7,10-12H,1-5,8-9H2,(H,14,16). The monoisotopic (exact) mass is 260 g/mol. The van der Waals surface area contributed by atoms with Gasteiger partial charge in [0.1, 0.15) is 0 Å². The van der Waals surface area contributed by atoms with Crippen molar-refractivity contribution >= 4 is 5.95 Å². The van der Waals surface area contributed by atoms with Crippen LogP contribution in [0.15, 0.2) is 24.8 Å². The van der Waals surface area contributed by atoms with Gasteiger partial charge in [-0.25, -0.2) is 4.98 Å². The Hall–Kier alpha value is -1.85. The molecule has 0 unspecified atom stereocenters. The molecule has 0 aliphatic heterocycles. The van der Waals surface area contributed by atoms with Crippen LogP contribution in [0.1, 0.15) is 32.1 Å². The van der Waals surface area contributed by atoms with Crippen molar-refractivity contribution in [1.29, 1.82) is 0 Å². The fourth-order valence-corrected chi connectivity index (χ4v) is 2.64. The summed E-state index contributed by atoms with van der Waals surface area (Å²) in [6, 6.07) is 0.608. The van der Waals surface area contributed by atoms with E-state index >= 15 is 0 Å². The van der Waals surface area contributed by atoms with Gasteiger partial charge in [0.2, 0.25) is 5.95 Å². The maximum absolute atomic E-state index is 4.41. The highest BCUT2D eigenvalue weighted by atomic mass is 15.4. The van der Waals surface area contributed by atoms with Crippen LogP contribution in [0, 0.1) is 0 Å². The number of hydrogen-bond acceptors (Lipinski definition) is 4. The number of imidazole rings is 1. The molecular weight excluding hydrogens is 240 g/mol. The molecule has 2 aromatic heterocycles. The van der Waals surface area contributed by atoms with Gasteiger partial charge in [-0.1, -0.05) is 18.1 Å². The molecule has 0 amide bonds. The lowest BCUT2D eigenvalue weighted by Gasteiger charge is -2.14. The minimum Gasteiger partial charge on any atom is -0.353 e. The van der Waals surface area contributed by atoms with E-state index in [1.807, 2.05) is 23.3 Å². The topological polar surface area (TPSA) is 60.6 Å². The number of aromatic nitrogens is 5. The first-order valence-corrected chi connectivity index (χ1v) is 7.03. The summed E-state index contributed by atoms with van der Waals surface area (Å²) in [5.41, 5.74) is 0. The quantitative estimate of drug-likeness (QED) is 0.862. The molecule has 3 rings (SSSR count). The molecule has 1 aliphatic rings. The van der Waals surface area contributed by atoms with Crippen molar-refractivity contribution in [3.05, 3.63) is 24.8 Å². The summed E-state index contributed by atoms with van der Waals surface area (Å²) in [6.07, 6.45) is 13.8. The first-order valence-electron chi connectivity index (χ1n) is 7.03. The minimum atomic E-state index is 0.608. The van der Waals surface area contributed by atoms with Crippen LogP contribution < -0.4 is 5.32 Å². The van der Waals surface area contributed by atoms with E-state index in [4.69, 9.17) is 0 Å². The van der Waals surface area contributed by atoms with Crippen molar-refractivity contribution in [2.24, 2.45) is 0 Å². The van der Waals surface area contributed by atoms with Gasteiger partial charge in [-0.3, -0.25) is 4.68 Å². The lowest BCUT2D eigenvalue weighted by molar-refractivity contribution is 0.515. The van der Waals surface area contributed by atoms with E-state index in [1.54, 1.807) is 6.20 Å². The summed E-state index contributed by atoms with van der Waals surface area (Å²) in [7, 11) is 0. The highest BCUT2D eigenvalue weighted by Crippen LogP contribution is 2.21. The van der Waals surface area contributed by atoms with Gasteiger partial charge in [0, 0.05) is 37.7 Å². The molecule has 102 valence electrons. The van der Waals surface area contributed by atoms with Crippen LogP contribution in [-0.2, 0) is 13.1 Å². The number of hydrogen-bond donors (Lipinski definition) is 1. The Balaban J connectivity index is 1.51. The number of nitrogens with one attached hydrogen (secondary N) is 1. The van der Waals surface area contributed by atoms with E-state index in [2.05, 4.69) is 25.2 Å². The van der Waals surface area contributed by atoms with Crippen LogP contribution >= 0.6 is 0 Å². The zero-order valence-electron chi connectivity index (χ0n) is 11.1. The zero-order chi connectivity index (χ0) is 12.9. The highest BCUT2D eigenvalue weighted by Gasteiger charge is 2.16. The second-order valence-electron chi connectivity index (χ2n) is 5.09. The fourth-order valence-electron chi connectivity index (χ4n) is 2.64. The summed E-state index contributed by atoms with van der Waals surface area (Å²) in [6.45, 7) is 1.84. The maximum atomic E-state index is 4.41. The number of rotatable bonds is 6. The largest absolute Gasteiger partial charge is 0.353 e. The molecule has 2 heterocycles. The second-order valence-corrected chi connectivity index (χ2v) is 5.09. The molecule has 1 fully saturated rings. The van der Waals surface area contributed by atoms with Gasteiger partial charge < -0.3 is 9.88 Å².